The van der Waals surface area contributed by atoms with Crippen LogP contribution in [-0.2, 0) is 0 Å². The molecule has 1 N–H and O–H groups in total. The van der Waals surface area contributed by atoms with Gasteiger partial charge in [0.1, 0.15) is 12.1 Å². The van der Waals surface area contributed by atoms with Crippen LogP contribution in [0.2, 0.25) is 0 Å². The molecule has 0 saturated heterocycles. The fourth-order valence-corrected chi connectivity index (χ4v) is 5.60. The fourth-order valence-electron chi connectivity index (χ4n) is 4.65. The third-order valence-corrected chi connectivity index (χ3v) is 7.97. The van der Waals surface area contributed by atoms with Gasteiger partial charge in [0, 0.05) is 23.7 Å². The van der Waals surface area contributed by atoms with E-state index in [1.165, 1.54) is 46.4 Å². The molecule has 2 heterocycles. The number of rotatable bonds is 8. The van der Waals surface area contributed by atoms with Crippen LogP contribution in [0.1, 0.15) is 49.3 Å². The molecule has 0 aliphatic rings. The molecule has 44 heavy (non-hydrogen) atoms. The van der Waals surface area contributed by atoms with Gasteiger partial charge in [-0.05, 0) is 78.0 Å². The van der Waals surface area contributed by atoms with Crippen molar-refractivity contribution in [2.45, 2.75) is 45.9 Å². The van der Waals surface area contributed by atoms with E-state index in [4.69, 9.17) is 17.2 Å². The summed E-state index contributed by atoms with van der Waals surface area (Å²) >= 11 is 7.13. The number of benzene rings is 3. The number of hydrogen-bond donors (Lipinski definition) is 1. The van der Waals surface area contributed by atoms with E-state index in [1.54, 1.807) is 11.3 Å². The standard InChI is InChI=1S/C32H31F3N6OS2/c1-20(2)27-14-5-21(3)17-28(27)40-15-16-44-31(40)38-30(43)36-18-22(4)23-6-8-24(9-7-23)29-37-19-41(39-29)25-10-12-26(13-11-25)42-32(33,34)35/h5-17,19-20,22H,18H2,1-4H3,(H,36,43). The highest BCUT2D eigenvalue weighted by Crippen LogP contribution is 2.26. The summed E-state index contributed by atoms with van der Waals surface area (Å²) in [6.45, 7) is 9.17. The van der Waals surface area contributed by atoms with Crippen LogP contribution < -0.4 is 14.9 Å². The lowest BCUT2D eigenvalue weighted by molar-refractivity contribution is -0.274. The van der Waals surface area contributed by atoms with Crippen molar-refractivity contribution >= 4 is 28.7 Å². The fraction of sp³-hybridized carbons (Fsp3) is 0.250. The Morgan fingerprint density at radius 1 is 1.05 bits per heavy atom. The van der Waals surface area contributed by atoms with E-state index >= 15 is 0 Å². The van der Waals surface area contributed by atoms with Gasteiger partial charge in [0.2, 0.25) is 0 Å². The van der Waals surface area contributed by atoms with E-state index in [-0.39, 0.29) is 11.7 Å². The minimum atomic E-state index is -4.74. The van der Waals surface area contributed by atoms with Crippen molar-refractivity contribution in [1.82, 2.24) is 24.6 Å². The van der Waals surface area contributed by atoms with Gasteiger partial charge in [-0.1, -0.05) is 57.2 Å². The summed E-state index contributed by atoms with van der Waals surface area (Å²) in [7, 11) is 0. The van der Waals surface area contributed by atoms with Gasteiger partial charge in [-0.3, -0.25) is 4.57 Å². The minimum Gasteiger partial charge on any atom is -0.406 e. The van der Waals surface area contributed by atoms with Gasteiger partial charge >= 0.3 is 6.36 Å². The molecule has 1 atom stereocenters. The molecule has 0 saturated carbocycles. The van der Waals surface area contributed by atoms with E-state index < -0.39 is 6.36 Å². The Balaban J connectivity index is 1.22. The molecule has 0 spiro atoms. The zero-order valence-corrected chi connectivity index (χ0v) is 26.2. The number of ether oxygens (including phenoxy) is 1. The summed E-state index contributed by atoms with van der Waals surface area (Å²) in [4.78, 5) is 9.89. The van der Waals surface area contributed by atoms with Crippen LogP contribution in [0.5, 0.6) is 5.75 Å². The number of thiazole rings is 1. The Hall–Kier alpha value is -4.29. The van der Waals surface area contributed by atoms with Crippen LogP contribution in [-0.4, -0.2) is 37.4 Å². The molecule has 0 radical (unpaired) electrons. The number of aromatic nitrogens is 4. The van der Waals surface area contributed by atoms with Crippen LogP contribution in [0.4, 0.5) is 13.2 Å². The van der Waals surface area contributed by atoms with Gasteiger partial charge in [0.15, 0.2) is 15.7 Å². The molecular weight excluding hydrogens is 606 g/mol. The van der Waals surface area contributed by atoms with Gasteiger partial charge in [0.25, 0.3) is 0 Å². The predicted octanol–water partition coefficient (Wildman–Crippen LogP) is 7.70. The molecular formula is C32H31F3N6OS2. The maximum Gasteiger partial charge on any atom is 0.573 e. The molecule has 1 unspecified atom stereocenters. The topological polar surface area (TPSA) is 69.3 Å². The van der Waals surface area contributed by atoms with Crippen LogP contribution >= 0.6 is 23.6 Å². The SMILES string of the molecule is Cc1ccc(C(C)C)c(-n2ccsc2=NC(=S)NCC(C)c2ccc(-c3ncn(-c4ccc(OC(F)(F)F)cc4)n3)cc2)c1. The molecule has 0 amide bonds. The second kappa shape index (κ2) is 13.1. The first-order chi connectivity index (χ1) is 21.0. The maximum atomic E-state index is 12.4. The third-order valence-electron chi connectivity index (χ3n) is 6.98. The molecule has 0 bridgehead atoms. The Kier molecular flexibility index (Phi) is 9.31. The summed E-state index contributed by atoms with van der Waals surface area (Å²) in [6.07, 6.45) is -1.20. The molecule has 228 valence electrons. The van der Waals surface area contributed by atoms with E-state index in [1.807, 2.05) is 35.8 Å². The van der Waals surface area contributed by atoms with Gasteiger partial charge in [0.05, 0.1) is 11.4 Å². The first kappa shape index (κ1) is 31.1. The average Bonchev–Trinajstić information content (AvgIpc) is 3.66. The number of nitrogens with zero attached hydrogens (tertiary/aromatic N) is 5. The Morgan fingerprint density at radius 3 is 2.45 bits per heavy atom. The van der Waals surface area contributed by atoms with Crippen molar-refractivity contribution in [3.8, 4) is 28.5 Å². The largest absolute Gasteiger partial charge is 0.573 e. The van der Waals surface area contributed by atoms with Crippen molar-refractivity contribution in [3.05, 3.63) is 106 Å². The molecule has 12 heteroatoms. The average molecular weight is 637 g/mol. The van der Waals surface area contributed by atoms with Gasteiger partial charge in [-0.2, -0.15) is 4.99 Å². The monoisotopic (exact) mass is 636 g/mol. The maximum absolute atomic E-state index is 12.4. The van der Waals surface area contributed by atoms with E-state index in [0.717, 1.165) is 21.6 Å². The minimum absolute atomic E-state index is 0.153. The van der Waals surface area contributed by atoms with E-state index in [0.29, 0.717) is 29.1 Å². The molecule has 0 fully saturated rings. The van der Waals surface area contributed by atoms with Crippen molar-refractivity contribution in [2.75, 3.05) is 6.54 Å². The van der Waals surface area contributed by atoms with E-state index in [9.17, 15) is 13.2 Å². The second-order valence-corrected chi connectivity index (χ2v) is 11.9. The van der Waals surface area contributed by atoms with E-state index in [2.05, 4.69) is 70.6 Å². The van der Waals surface area contributed by atoms with Crippen molar-refractivity contribution in [3.63, 3.8) is 0 Å². The third kappa shape index (κ3) is 7.61. The highest BCUT2D eigenvalue weighted by atomic mass is 32.1. The zero-order chi connectivity index (χ0) is 31.4. The number of alkyl halides is 3. The lowest BCUT2D eigenvalue weighted by atomic mass is 9.99. The normalized spacial score (nSPS) is 12.9. The molecule has 7 nitrogen and oxygen atoms in total. The Labute approximate surface area is 262 Å². The van der Waals surface area contributed by atoms with Crippen molar-refractivity contribution in [2.24, 2.45) is 4.99 Å². The predicted molar refractivity (Wildman–Crippen MR) is 171 cm³/mol. The first-order valence-electron chi connectivity index (χ1n) is 13.9. The smallest absolute Gasteiger partial charge is 0.406 e. The highest BCUT2D eigenvalue weighted by molar-refractivity contribution is 7.80. The Bertz CT molecular complexity index is 1810. The summed E-state index contributed by atoms with van der Waals surface area (Å²) in [5.41, 5.74) is 6.03. The number of halogens is 3. The number of aryl methyl sites for hydroxylation is 1. The summed E-state index contributed by atoms with van der Waals surface area (Å²) in [5, 5.41) is 10.2. The van der Waals surface area contributed by atoms with Gasteiger partial charge in [-0.25, -0.2) is 9.67 Å². The number of hydrogen-bond acceptors (Lipinski definition) is 5. The van der Waals surface area contributed by atoms with Crippen LogP contribution in [0, 0.1) is 6.92 Å². The zero-order valence-electron chi connectivity index (χ0n) is 24.5. The second-order valence-electron chi connectivity index (χ2n) is 10.6. The van der Waals surface area contributed by atoms with Crippen molar-refractivity contribution < 1.29 is 17.9 Å². The molecule has 2 aromatic heterocycles. The lowest BCUT2D eigenvalue weighted by Gasteiger charge is -2.15. The Morgan fingerprint density at radius 2 is 1.77 bits per heavy atom. The molecule has 5 rings (SSSR count). The summed E-state index contributed by atoms with van der Waals surface area (Å²) in [6, 6.07) is 19.8. The van der Waals surface area contributed by atoms with Crippen LogP contribution in [0.25, 0.3) is 22.8 Å². The van der Waals surface area contributed by atoms with Gasteiger partial charge in [-0.15, -0.1) is 29.6 Å². The number of nitrogens with one attached hydrogen (secondary N) is 1. The number of thiocarbonyl (C=S) groups is 1. The van der Waals surface area contributed by atoms with Gasteiger partial charge < -0.3 is 10.1 Å². The quantitative estimate of drug-likeness (QED) is 0.177. The molecule has 0 aliphatic carbocycles. The molecule has 0 aliphatic heterocycles. The molecule has 5 aromatic rings. The summed E-state index contributed by atoms with van der Waals surface area (Å²) in [5.74, 6) is 0.723. The van der Waals surface area contributed by atoms with Crippen molar-refractivity contribution in [1.29, 1.82) is 0 Å². The highest BCUT2D eigenvalue weighted by Gasteiger charge is 2.31. The molecule has 3 aromatic carbocycles. The first-order valence-corrected chi connectivity index (χ1v) is 15.2. The van der Waals surface area contributed by atoms with Crippen LogP contribution in [0.15, 0.2) is 89.6 Å². The lowest BCUT2D eigenvalue weighted by Crippen LogP contribution is -2.27. The van der Waals surface area contributed by atoms with Crippen LogP contribution in [0.3, 0.4) is 0 Å². The summed E-state index contributed by atoms with van der Waals surface area (Å²) < 4.78 is 44.8.